The molecule has 0 saturated carbocycles. The highest BCUT2D eigenvalue weighted by Crippen LogP contribution is 2.29. The molecule has 6 heteroatoms. The third kappa shape index (κ3) is 5.38. The van der Waals surface area contributed by atoms with Gasteiger partial charge in [0.1, 0.15) is 5.82 Å². The van der Waals surface area contributed by atoms with E-state index in [1.165, 1.54) is 12.1 Å². The lowest BCUT2D eigenvalue weighted by Gasteiger charge is -2.17. The molecule has 2 amide bonds. The maximum atomic E-state index is 12.8. The van der Waals surface area contributed by atoms with Crippen molar-refractivity contribution in [2.75, 3.05) is 20.8 Å². The van der Waals surface area contributed by atoms with Crippen molar-refractivity contribution < 1.29 is 18.7 Å². The van der Waals surface area contributed by atoms with Gasteiger partial charge in [-0.1, -0.05) is 18.2 Å². The third-order valence-corrected chi connectivity index (χ3v) is 3.87. The topological polar surface area (TPSA) is 59.6 Å². The average Bonchev–Trinajstić information content (AvgIpc) is 2.62. The Morgan fingerprint density at radius 3 is 2.40 bits per heavy atom. The molecule has 0 bridgehead atoms. The number of methoxy groups -OCH3 is 2. The summed E-state index contributed by atoms with van der Waals surface area (Å²) in [6.45, 7) is 2.36. The van der Waals surface area contributed by atoms with Crippen LogP contribution in [0.15, 0.2) is 42.5 Å². The Bertz CT molecular complexity index is 704. The average molecular weight is 346 g/mol. The molecule has 0 aromatic heterocycles. The van der Waals surface area contributed by atoms with Crippen LogP contribution in [0.3, 0.4) is 0 Å². The Morgan fingerprint density at radius 2 is 1.76 bits per heavy atom. The smallest absolute Gasteiger partial charge is 0.315 e. The van der Waals surface area contributed by atoms with Crippen molar-refractivity contribution in [2.45, 2.75) is 19.4 Å². The van der Waals surface area contributed by atoms with Crippen molar-refractivity contribution in [1.29, 1.82) is 0 Å². The van der Waals surface area contributed by atoms with E-state index in [2.05, 4.69) is 10.6 Å². The lowest BCUT2D eigenvalue weighted by molar-refractivity contribution is 0.238. The first-order valence-corrected chi connectivity index (χ1v) is 8.04. The molecule has 5 nitrogen and oxygen atoms in total. The lowest BCUT2D eigenvalue weighted by atomic mass is 10.1. The van der Waals surface area contributed by atoms with E-state index in [0.717, 1.165) is 11.1 Å². The molecule has 0 heterocycles. The summed E-state index contributed by atoms with van der Waals surface area (Å²) in [7, 11) is 3.15. The number of hydrogen-bond acceptors (Lipinski definition) is 3. The molecule has 134 valence electrons. The molecule has 0 fully saturated rings. The Balaban J connectivity index is 1.84. The maximum absolute atomic E-state index is 12.8. The van der Waals surface area contributed by atoms with Crippen LogP contribution in [0.25, 0.3) is 0 Å². The van der Waals surface area contributed by atoms with Crippen LogP contribution >= 0.6 is 0 Å². The monoisotopic (exact) mass is 346 g/mol. The van der Waals surface area contributed by atoms with E-state index >= 15 is 0 Å². The molecule has 1 atom stereocenters. The molecule has 1 unspecified atom stereocenters. The molecule has 2 aromatic carbocycles. The van der Waals surface area contributed by atoms with Crippen LogP contribution in [-0.2, 0) is 6.42 Å². The lowest BCUT2D eigenvalue weighted by Crippen LogP contribution is -2.38. The predicted octanol–water partition coefficient (Wildman–Crippen LogP) is 3.45. The molecule has 25 heavy (non-hydrogen) atoms. The van der Waals surface area contributed by atoms with E-state index < -0.39 is 0 Å². The van der Waals surface area contributed by atoms with Gasteiger partial charge in [-0.2, -0.15) is 0 Å². The van der Waals surface area contributed by atoms with Gasteiger partial charge in [0.15, 0.2) is 11.5 Å². The molecular weight excluding hydrogens is 323 g/mol. The Labute approximate surface area is 147 Å². The highest BCUT2D eigenvalue weighted by atomic mass is 19.1. The number of carbonyl (C=O) groups is 1. The van der Waals surface area contributed by atoms with Crippen LogP contribution < -0.4 is 20.1 Å². The largest absolute Gasteiger partial charge is 0.493 e. The third-order valence-electron chi connectivity index (χ3n) is 3.87. The molecular formula is C19H23FN2O3. The van der Waals surface area contributed by atoms with Gasteiger partial charge in [0.25, 0.3) is 0 Å². The molecule has 2 rings (SSSR count). The summed E-state index contributed by atoms with van der Waals surface area (Å²) in [4.78, 5) is 12.0. The number of halogens is 1. The SMILES string of the molecule is COc1ccc(C(C)NC(=O)NCCc2ccc(F)cc2)cc1OC. The summed E-state index contributed by atoms with van der Waals surface area (Å²) in [6, 6.07) is 11.3. The van der Waals surface area contributed by atoms with E-state index in [-0.39, 0.29) is 17.9 Å². The first-order chi connectivity index (χ1) is 12.0. The molecule has 0 saturated heterocycles. The van der Waals surface area contributed by atoms with Gasteiger partial charge < -0.3 is 20.1 Å². The number of ether oxygens (including phenoxy) is 2. The predicted molar refractivity (Wildman–Crippen MR) is 94.6 cm³/mol. The zero-order chi connectivity index (χ0) is 18.2. The summed E-state index contributed by atoms with van der Waals surface area (Å²) in [5.74, 6) is 0.991. The van der Waals surface area contributed by atoms with Gasteiger partial charge in [0, 0.05) is 6.54 Å². The van der Waals surface area contributed by atoms with Crippen LogP contribution in [0.1, 0.15) is 24.1 Å². The number of carbonyl (C=O) groups excluding carboxylic acids is 1. The summed E-state index contributed by atoms with van der Waals surface area (Å²) < 4.78 is 23.3. The van der Waals surface area contributed by atoms with E-state index in [1.54, 1.807) is 32.4 Å². The van der Waals surface area contributed by atoms with Crippen molar-refractivity contribution in [3.63, 3.8) is 0 Å². The number of benzene rings is 2. The van der Waals surface area contributed by atoms with Crippen molar-refractivity contribution in [1.82, 2.24) is 10.6 Å². The minimum Gasteiger partial charge on any atom is -0.493 e. The van der Waals surface area contributed by atoms with Crippen LogP contribution in [0.2, 0.25) is 0 Å². The van der Waals surface area contributed by atoms with Crippen LogP contribution in [0, 0.1) is 5.82 Å². The van der Waals surface area contributed by atoms with Gasteiger partial charge in [-0.25, -0.2) is 9.18 Å². The molecule has 0 radical (unpaired) electrons. The van der Waals surface area contributed by atoms with Gasteiger partial charge in [-0.3, -0.25) is 0 Å². The van der Waals surface area contributed by atoms with E-state index in [9.17, 15) is 9.18 Å². The first-order valence-electron chi connectivity index (χ1n) is 8.04. The second-order valence-corrected chi connectivity index (χ2v) is 5.61. The Morgan fingerprint density at radius 1 is 1.08 bits per heavy atom. The maximum Gasteiger partial charge on any atom is 0.315 e. The second-order valence-electron chi connectivity index (χ2n) is 5.61. The van der Waals surface area contributed by atoms with E-state index in [4.69, 9.17) is 9.47 Å². The second kappa shape index (κ2) is 8.92. The Hall–Kier alpha value is -2.76. The fourth-order valence-corrected chi connectivity index (χ4v) is 2.42. The van der Waals surface area contributed by atoms with Crippen molar-refractivity contribution in [3.05, 3.63) is 59.4 Å². The molecule has 0 aliphatic carbocycles. The van der Waals surface area contributed by atoms with Crippen LogP contribution in [0.4, 0.5) is 9.18 Å². The normalized spacial score (nSPS) is 11.5. The van der Waals surface area contributed by atoms with Crippen molar-refractivity contribution in [3.8, 4) is 11.5 Å². The number of urea groups is 1. The fourth-order valence-electron chi connectivity index (χ4n) is 2.42. The molecule has 2 N–H and O–H groups in total. The zero-order valence-electron chi connectivity index (χ0n) is 14.6. The highest BCUT2D eigenvalue weighted by molar-refractivity contribution is 5.74. The summed E-state index contributed by atoms with van der Waals surface area (Å²) in [5, 5.41) is 5.67. The van der Waals surface area contributed by atoms with Gasteiger partial charge in [0.2, 0.25) is 0 Å². The van der Waals surface area contributed by atoms with Crippen LogP contribution in [-0.4, -0.2) is 26.8 Å². The molecule has 0 aliphatic heterocycles. The highest BCUT2D eigenvalue weighted by Gasteiger charge is 2.12. The van der Waals surface area contributed by atoms with Gasteiger partial charge in [0.05, 0.1) is 20.3 Å². The van der Waals surface area contributed by atoms with Crippen molar-refractivity contribution >= 4 is 6.03 Å². The number of amides is 2. The van der Waals surface area contributed by atoms with Crippen molar-refractivity contribution in [2.24, 2.45) is 0 Å². The van der Waals surface area contributed by atoms with Gasteiger partial charge in [-0.05, 0) is 48.7 Å². The van der Waals surface area contributed by atoms with Gasteiger partial charge in [-0.15, -0.1) is 0 Å². The standard InChI is InChI=1S/C19H23FN2O3/c1-13(15-6-9-17(24-2)18(12-15)25-3)22-19(23)21-11-10-14-4-7-16(20)8-5-14/h4-9,12-13H,10-11H2,1-3H3,(H2,21,22,23). The number of nitrogens with one attached hydrogen (secondary N) is 2. The summed E-state index contributed by atoms with van der Waals surface area (Å²) in [5.41, 5.74) is 1.88. The minimum absolute atomic E-state index is 0.189. The number of rotatable bonds is 7. The van der Waals surface area contributed by atoms with Crippen LogP contribution in [0.5, 0.6) is 11.5 Å². The zero-order valence-corrected chi connectivity index (χ0v) is 14.6. The molecule has 2 aromatic rings. The summed E-state index contributed by atoms with van der Waals surface area (Å²) >= 11 is 0. The van der Waals surface area contributed by atoms with Gasteiger partial charge >= 0.3 is 6.03 Å². The Kier molecular flexibility index (Phi) is 6.62. The summed E-state index contributed by atoms with van der Waals surface area (Å²) in [6.07, 6.45) is 0.637. The molecule has 0 spiro atoms. The van der Waals surface area contributed by atoms with E-state index in [0.29, 0.717) is 24.5 Å². The minimum atomic E-state index is -0.266. The quantitative estimate of drug-likeness (QED) is 0.807. The van der Waals surface area contributed by atoms with E-state index in [1.807, 2.05) is 19.1 Å². The number of hydrogen-bond donors (Lipinski definition) is 2. The fraction of sp³-hybridized carbons (Fsp3) is 0.316. The molecule has 0 aliphatic rings. The first kappa shape index (κ1) is 18.6.